The smallest absolute Gasteiger partial charge is 0.143 e. The van der Waals surface area contributed by atoms with Crippen molar-refractivity contribution in [2.45, 2.75) is 39.7 Å². The molecular formula is C16H21ClN2OS. The van der Waals surface area contributed by atoms with Crippen LogP contribution in [0.5, 0.6) is 5.75 Å². The Labute approximate surface area is 135 Å². The van der Waals surface area contributed by atoms with Gasteiger partial charge in [0.05, 0.1) is 25.0 Å². The van der Waals surface area contributed by atoms with Gasteiger partial charge in [-0.05, 0) is 18.6 Å². The van der Waals surface area contributed by atoms with Crippen LogP contribution in [0, 0.1) is 6.92 Å². The lowest BCUT2D eigenvalue weighted by molar-refractivity contribution is 0.416. The van der Waals surface area contributed by atoms with E-state index in [4.69, 9.17) is 16.3 Å². The quantitative estimate of drug-likeness (QED) is 0.857. The molecule has 0 spiro atoms. The van der Waals surface area contributed by atoms with Gasteiger partial charge in [-0.3, -0.25) is 0 Å². The molecule has 0 unspecified atom stereocenters. The SMILES string of the molecule is COc1cc(Cl)c(C)cc1NCc1nc(C(C)(C)C)cs1. The number of hydrogen-bond acceptors (Lipinski definition) is 4. The van der Waals surface area contributed by atoms with Crippen LogP contribution in [0.25, 0.3) is 0 Å². The zero-order chi connectivity index (χ0) is 15.6. The van der Waals surface area contributed by atoms with E-state index in [9.17, 15) is 0 Å². The van der Waals surface area contributed by atoms with Crippen molar-refractivity contribution >= 4 is 28.6 Å². The van der Waals surface area contributed by atoms with E-state index in [1.165, 1.54) is 0 Å². The monoisotopic (exact) mass is 324 g/mol. The fraction of sp³-hybridized carbons (Fsp3) is 0.438. The molecule has 0 atom stereocenters. The molecule has 0 aliphatic carbocycles. The molecule has 0 saturated carbocycles. The first-order valence-corrected chi connectivity index (χ1v) is 8.10. The van der Waals surface area contributed by atoms with Crippen LogP contribution >= 0.6 is 22.9 Å². The molecule has 0 aliphatic heterocycles. The van der Waals surface area contributed by atoms with Gasteiger partial charge in [0.2, 0.25) is 0 Å². The second-order valence-electron chi connectivity index (χ2n) is 6.03. The van der Waals surface area contributed by atoms with Crippen molar-refractivity contribution in [3.63, 3.8) is 0 Å². The van der Waals surface area contributed by atoms with Crippen LogP contribution in [-0.4, -0.2) is 12.1 Å². The van der Waals surface area contributed by atoms with Crippen molar-refractivity contribution in [3.05, 3.63) is 38.8 Å². The van der Waals surface area contributed by atoms with Crippen LogP contribution in [0.1, 0.15) is 37.0 Å². The Morgan fingerprint density at radius 3 is 2.62 bits per heavy atom. The van der Waals surface area contributed by atoms with E-state index < -0.39 is 0 Å². The molecule has 1 aromatic carbocycles. The lowest BCUT2D eigenvalue weighted by Gasteiger charge is -2.14. The number of methoxy groups -OCH3 is 1. The van der Waals surface area contributed by atoms with E-state index in [0.717, 1.165) is 27.7 Å². The topological polar surface area (TPSA) is 34.1 Å². The van der Waals surface area contributed by atoms with Crippen molar-refractivity contribution in [2.75, 3.05) is 12.4 Å². The fourth-order valence-electron chi connectivity index (χ4n) is 1.88. The van der Waals surface area contributed by atoms with Gasteiger partial charge in [-0.25, -0.2) is 4.98 Å². The summed E-state index contributed by atoms with van der Waals surface area (Å²) in [5.74, 6) is 0.748. The number of aromatic nitrogens is 1. The second-order valence-corrected chi connectivity index (χ2v) is 7.38. The lowest BCUT2D eigenvalue weighted by atomic mass is 9.93. The summed E-state index contributed by atoms with van der Waals surface area (Å²) in [6.07, 6.45) is 0. The molecule has 0 aliphatic rings. The van der Waals surface area contributed by atoms with Crippen molar-refractivity contribution in [2.24, 2.45) is 0 Å². The molecule has 0 saturated heterocycles. The van der Waals surface area contributed by atoms with Gasteiger partial charge in [0.1, 0.15) is 10.8 Å². The number of ether oxygens (including phenoxy) is 1. The summed E-state index contributed by atoms with van der Waals surface area (Å²) in [5.41, 5.74) is 3.17. The first-order chi connectivity index (χ1) is 9.81. The molecule has 0 radical (unpaired) electrons. The number of nitrogens with one attached hydrogen (secondary N) is 1. The first kappa shape index (κ1) is 16.1. The second kappa shape index (κ2) is 6.24. The number of anilines is 1. The van der Waals surface area contributed by atoms with Gasteiger partial charge in [0.25, 0.3) is 0 Å². The highest BCUT2D eigenvalue weighted by molar-refractivity contribution is 7.09. The molecule has 0 amide bonds. The minimum absolute atomic E-state index is 0.0866. The predicted molar refractivity (Wildman–Crippen MR) is 90.9 cm³/mol. The largest absolute Gasteiger partial charge is 0.495 e. The van der Waals surface area contributed by atoms with Crippen LogP contribution in [-0.2, 0) is 12.0 Å². The van der Waals surface area contributed by atoms with Crippen LogP contribution in [0.15, 0.2) is 17.5 Å². The molecule has 2 aromatic rings. The van der Waals surface area contributed by atoms with Gasteiger partial charge in [-0.2, -0.15) is 0 Å². The van der Waals surface area contributed by atoms with E-state index in [0.29, 0.717) is 11.6 Å². The minimum Gasteiger partial charge on any atom is -0.495 e. The molecule has 1 heterocycles. The highest BCUT2D eigenvalue weighted by atomic mass is 35.5. The van der Waals surface area contributed by atoms with Gasteiger partial charge in [0.15, 0.2) is 0 Å². The van der Waals surface area contributed by atoms with Gasteiger partial charge >= 0.3 is 0 Å². The number of benzene rings is 1. The Hall–Kier alpha value is -1.26. The average Bonchev–Trinajstić information content (AvgIpc) is 2.88. The van der Waals surface area contributed by atoms with Crippen LogP contribution < -0.4 is 10.1 Å². The van der Waals surface area contributed by atoms with Crippen LogP contribution in [0.2, 0.25) is 5.02 Å². The van der Waals surface area contributed by atoms with E-state index in [1.807, 2.05) is 19.1 Å². The summed E-state index contributed by atoms with van der Waals surface area (Å²) in [6, 6.07) is 3.83. The van der Waals surface area contributed by atoms with Crippen molar-refractivity contribution < 1.29 is 4.74 Å². The first-order valence-electron chi connectivity index (χ1n) is 6.84. The van der Waals surface area contributed by atoms with Crippen molar-refractivity contribution in [1.29, 1.82) is 0 Å². The normalized spacial score (nSPS) is 11.5. The Morgan fingerprint density at radius 2 is 2.05 bits per heavy atom. The van der Waals surface area contributed by atoms with Crippen molar-refractivity contribution in [3.8, 4) is 5.75 Å². The van der Waals surface area contributed by atoms with Gasteiger partial charge < -0.3 is 10.1 Å². The Kier molecular flexibility index (Phi) is 4.79. The third-order valence-electron chi connectivity index (χ3n) is 3.23. The zero-order valence-electron chi connectivity index (χ0n) is 13.1. The Balaban J connectivity index is 2.13. The van der Waals surface area contributed by atoms with Gasteiger partial charge in [-0.1, -0.05) is 32.4 Å². The summed E-state index contributed by atoms with van der Waals surface area (Å²) in [7, 11) is 1.65. The molecule has 1 N–H and O–H groups in total. The van der Waals surface area contributed by atoms with E-state index >= 15 is 0 Å². The summed E-state index contributed by atoms with van der Waals surface area (Å²) in [4.78, 5) is 4.68. The maximum absolute atomic E-state index is 6.12. The summed E-state index contributed by atoms with van der Waals surface area (Å²) >= 11 is 7.79. The molecule has 21 heavy (non-hydrogen) atoms. The highest BCUT2D eigenvalue weighted by Crippen LogP contribution is 2.31. The molecule has 0 fully saturated rings. The molecule has 114 valence electrons. The number of hydrogen-bond donors (Lipinski definition) is 1. The standard InChI is InChI=1S/C16H21ClN2OS/c1-10-6-12(13(20-5)7-11(10)17)18-8-15-19-14(9-21-15)16(2,3)4/h6-7,9,18H,8H2,1-5H3. The van der Waals surface area contributed by atoms with E-state index in [-0.39, 0.29) is 5.41 Å². The predicted octanol–water partition coefficient (Wildman–Crippen LogP) is 5.02. The maximum atomic E-state index is 6.12. The third kappa shape index (κ3) is 3.89. The molecule has 0 bridgehead atoms. The van der Waals surface area contributed by atoms with Gasteiger partial charge in [-0.15, -0.1) is 11.3 Å². The molecule has 3 nitrogen and oxygen atoms in total. The molecular weight excluding hydrogens is 304 g/mol. The number of aryl methyl sites for hydroxylation is 1. The molecule has 5 heteroatoms. The maximum Gasteiger partial charge on any atom is 0.143 e. The summed E-state index contributed by atoms with van der Waals surface area (Å²) in [6.45, 7) is 9.17. The highest BCUT2D eigenvalue weighted by Gasteiger charge is 2.17. The molecule has 2 rings (SSSR count). The zero-order valence-corrected chi connectivity index (χ0v) is 14.7. The summed E-state index contributed by atoms with van der Waals surface area (Å²) in [5, 5.41) is 7.28. The van der Waals surface area contributed by atoms with E-state index in [2.05, 4.69) is 36.5 Å². The number of rotatable bonds is 4. The third-order valence-corrected chi connectivity index (χ3v) is 4.49. The Bertz CT molecular complexity index is 632. The van der Waals surface area contributed by atoms with Crippen molar-refractivity contribution in [1.82, 2.24) is 4.98 Å². The summed E-state index contributed by atoms with van der Waals surface area (Å²) < 4.78 is 5.37. The lowest BCUT2D eigenvalue weighted by Crippen LogP contribution is -2.12. The fourth-order valence-corrected chi connectivity index (χ4v) is 2.99. The van der Waals surface area contributed by atoms with E-state index in [1.54, 1.807) is 18.4 Å². The minimum atomic E-state index is 0.0866. The van der Waals surface area contributed by atoms with Crippen LogP contribution in [0.4, 0.5) is 5.69 Å². The molecule has 1 aromatic heterocycles. The Morgan fingerprint density at radius 1 is 1.33 bits per heavy atom. The van der Waals surface area contributed by atoms with Crippen LogP contribution in [0.3, 0.4) is 0 Å². The number of halogens is 1. The number of nitrogens with zero attached hydrogens (tertiary/aromatic N) is 1. The van der Waals surface area contributed by atoms with Gasteiger partial charge in [0, 0.05) is 21.9 Å². The average molecular weight is 325 g/mol. The number of thiazole rings is 1.